The van der Waals surface area contributed by atoms with Gasteiger partial charge in [-0.05, 0) is 49.1 Å². The molecule has 12 heteroatoms. The van der Waals surface area contributed by atoms with Gasteiger partial charge in [0.15, 0.2) is 5.82 Å². The van der Waals surface area contributed by atoms with Crippen molar-refractivity contribution in [1.29, 1.82) is 0 Å². The lowest BCUT2D eigenvalue weighted by Crippen LogP contribution is -2.26. The van der Waals surface area contributed by atoms with Gasteiger partial charge in [0.1, 0.15) is 12.0 Å². The monoisotopic (exact) mass is 521 g/mol. The molecular formula is C24H22F3N3O5S. The number of rotatable bonds is 6. The highest BCUT2D eigenvalue weighted by molar-refractivity contribution is 7.92. The summed E-state index contributed by atoms with van der Waals surface area (Å²) in [4.78, 5) is 13.0. The van der Waals surface area contributed by atoms with Crippen LogP contribution in [0.2, 0.25) is 0 Å². The Morgan fingerprint density at radius 1 is 1.19 bits per heavy atom. The molecule has 0 aliphatic heterocycles. The Kier molecular flexibility index (Phi) is 5.73. The molecule has 0 spiro atoms. The molecule has 0 saturated heterocycles. The minimum absolute atomic E-state index is 0.0250. The minimum Gasteiger partial charge on any atom is -0.495 e. The molecule has 5 rings (SSSR count). The van der Waals surface area contributed by atoms with Gasteiger partial charge in [0.25, 0.3) is 15.6 Å². The lowest BCUT2D eigenvalue weighted by molar-refractivity contribution is -0.150. The average Bonchev–Trinajstić information content (AvgIpc) is 3.50. The van der Waals surface area contributed by atoms with Crippen molar-refractivity contribution in [1.82, 2.24) is 9.72 Å². The van der Waals surface area contributed by atoms with Gasteiger partial charge in [-0.3, -0.25) is 14.1 Å². The van der Waals surface area contributed by atoms with Crippen molar-refractivity contribution in [3.05, 3.63) is 70.4 Å². The summed E-state index contributed by atoms with van der Waals surface area (Å²) < 4.78 is 78.9. The Balaban J connectivity index is 1.57. The number of hydrogen-bond acceptors (Lipinski definition) is 6. The molecule has 0 radical (unpaired) electrons. The largest absolute Gasteiger partial charge is 0.495 e. The molecule has 1 fully saturated rings. The molecule has 2 aromatic heterocycles. The van der Waals surface area contributed by atoms with E-state index in [2.05, 4.69) is 14.4 Å². The number of nitrogens with one attached hydrogen (secondary N) is 1. The zero-order chi connectivity index (χ0) is 25.8. The van der Waals surface area contributed by atoms with E-state index in [9.17, 15) is 26.4 Å². The lowest BCUT2D eigenvalue weighted by Gasteiger charge is -2.27. The number of nitrogens with zero attached hydrogens (tertiary/aromatic N) is 2. The summed E-state index contributed by atoms with van der Waals surface area (Å²) in [6.45, 7) is 1.83. The van der Waals surface area contributed by atoms with E-state index in [1.807, 2.05) is 6.92 Å². The van der Waals surface area contributed by atoms with Gasteiger partial charge in [-0.2, -0.15) is 13.2 Å². The Bertz CT molecular complexity index is 1560. The molecule has 0 bridgehead atoms. The van der Waals surface area contributed by atoms with Gasteiger partial charge in [-0.1, -0.05) is 17.7 Å². The molecule has 0 amide bonds. The molecule has 190 valence electrons. The summed E-state index contributed by atoms with van der Waals surface area (Å²) in [5.41, 5.74) is 1.24. The van der Waals surface area contributed by atoms with Gasteiger partial charge in [0, 0.05) is 23.4 Å². The van der Waals surface area contributed by atoms with E-state index in [1.165, 1.54) is 54.3 Å². The summed E-state index contributed by atoms with van der Waals surface area (Å²) in [5, 5.41) is 4.02. The number of sulfonamides is 1. The zero-order valence-corrected chi connectivity index (χ0v) is 20.1. The summed E-state index contributed by atoms with van der Waals surface area (Å²) in [6.07, 6.45) is -0.981. The molecule has 2 aliphatic carbocycles. The van der Waals surface area contributed by atoms with E-state index in [0.717, 1.165) is 0 Å². The highest BCUT2D eigenvalue weighted by Crippen LogP contribution is 2.56. The lowest BCUT2D eigenvalue weighted by atomic mass is 9.88. The molecule has 1 saturated carbocycles. The molecule has 1 aromatic carbocycles. The maximum atomic E-state index is 13.1. The minimum atomic E-state index is -4.24. The first kappa shape index (κ1) is 24.2. The summed E-state index contributed by atoms with van der Waals surface area (Å²) >= 11 is 0. The number of methoxy groups -OCH3 is 1. The predicted molar refractivity (Wildman–Crippen MR) is 125 cm³/mol. The molecule has 8 nitrogen and oxygen atoms in total. The van der Waals surface area contributed by atoms with E-state index in [4.69, 9.17) is 4.74 Å². The van der Waals surface area contributed by atoms with E-state index in [-0.39, 0.29) is 28.6 Å². The third-order valence-electron chi connectivity index (χ3n) is 6.58. The van der Waals surface area contributed by atoms with Gasteiger partial charge >= 0.3 is 6.18 Å². The third kappa shape index (κ3) is 4.29. The first-order valence-electron chi connectivity index (χ1n) is 11.1. The van der Waals surface area contributed by atoms with Crippen LogP contribution in [0.3, 0.4) is 0 Å². The number of pyridine rings is 1. The average molecular weight is 522 g/mol. The Morgan fingerprint density at radius 3 is 2.61 bits per heavy atom. The Morgan fingerprint density at radius 2 is 1.97 bits per heavy atom. The number of allylic oxidation sites excluding steroid dienone is 3. The standard InChI is InChI=1S/C24H22F3N3O5S/c1-13-9-15(17-12-18(17)24(25,26)27)11-20(34-2)23(13)30-19-5-4-16(10-14(19)3-6-22(30)31)36(32,33)29-21-7-8-35-28-21/h3-8,10-11,13,17-18H,9,12H2,1-2H3,(H,28,29)/t13?,17-,18+/m0/s1. The fourth-order valence-electron chi connectivity index (χ4n) is 4.81. The van der Waals surface area contributed by atoms with E-state index in [0.29, 0.717) is 34.4 Å². The van der Waals surface area contributed by atoms with Crippen molar-refractivity contribution >= 4 is 32.4 Å². The van der Waals surface area contributed by atoms with E-state index < -0.39 is 28.0 Å². The number of ether oxygens (including phenoxy) is 1. The normalized spacial score (nSPS) is 22.5. The van der Waals surface area contributed by atoms with Gasteiger partial charge < -0.3 is 9.26 Å². The molecule has 36 heavy (non-hydrogen) atoms. The molecule has 3 aromatic rings. The number of anilines is 1. The van der Waals surface area contributed by atoms with E-state index >= 15 is 0 Å². The second-order valence-corrected chi connectivity index (χ2v) is 10.7. The number of fused-ring (bicyclic) bond motifs is 1. The summed E-state index contributed by atoms with van der Waals surface area (Å²) in [5.74, 6) is -1.89. The fourth-order valence-corrected chi connectivity index (χ4v) is 5.84. The smallest absolute Gasteiger partial charge is 0.392 e. The quantitative estimate of drug-likeness (QED) is 0.501. The van der Waals surface area contributed by atoms with E-state index in [1.54, 1.807) is 6.08 Å². The number of benzene rings is 1. The maximum absolute atomic E-state index is 13.1. The van der Waals surface area contributed by atoms with Gasteiger partial charge in [0.2, 0.25) is 0 Å². The number of hydrogen-bond donors (Lipinski definition) is 1. The fraction of sp³-hybridized carbons (Fsp3) is 0.333. The Labute approximate surface area is 204 Å². The third-order valence-corrected chi connectivity index (χ3v) is 7.93. The predicted octanol–water partition coefficient (Wildman–Crippen LogP) is 4.77. The highest BCUT2D eigenvalue weighted by Gasteiger charge is 2.57. The van der Waals surface area contributed by atoms with Crippen molar-refractivity contribution in [3.63, 3.8) is 0 Å². The summed E-state index contributed by atoms with van der Waals surface area (Å²) in [7, 11) is -2.57. The van der Waals surface area contributed by atoms with Crippen molar-refractivity contribution < 1.29 is 30.8 Å². The first-order chi connectivity index (χ1) is 17.0. The Hall–Kier alpha value is -3.54. The van der Waals surface area contributed by atoms with Crippen LogP contribution in [-0.2, 0) is 14.8 Å². The van der Waals surface area contributed by atoms with Gasteiger partial charge in [-0.25, -0.2) is 8.42 Å². The second-order valence-electron chi connectivity index (χ2n) is 8.99. The molecule has 2 heterocycles. The van der Waals surface area contributed by atoms with Gasteiger partial charge in [-0.15, -0.1) is 0 Å². The van der Waals surface area contributed by atoms with Crippen molar-refractivity contribution in [2.75, 3.05) is 11.8 Å². The molecule has 2 aliphatic rings. The molecule has 1 N–H and O–H groups in total. The number of halogens is 3. The van der Waals surface area contributed by atoms with Crippen LogP contribution in [0.4, 0.5) is 19.0 Å². The van der Waals surface area contributed by atoms with Crippen LogP contribution < -0.4 is 10.3 Å². The van der Waals surface area contributed by atoms with Crippen LogP contribution >= 0.6 is 0 Å². The molecular weight excluding hydrogens is 499 g/mol. The summed E-state index contributed by atoms with van der Waals surface area (Å²) in [6, 6.07) is 8.49. The maximum Gasteiger partial charge on any atom is 0.392 e. The van der Waals surface area contributed by atoms with Crippen molar-refractivity contribution in [3.8, 4) is 0 Å². The number of aromatic nitrogens is 2. The van der Waals surface area contributed by atoms with Crippen LogP contribution in [0.15, 0.2) is 74.3 Å². The van der Waals surface area contributed by atoms with Crippen LogP contribution in [0.1, 0.15) is 19.8 Å². The molecule has 3 atom stereocenters. The number of alkyl halides is 3. The van der Waals surface area contributed by atoms with Gasteiger partial charge in [0.05, 0.1) is 29.1 Å². The van der Waals surface area contributed by atoms with Crippen LogP contribution in [0.5, 0.6) is 0 Å². The second kappa shape index (κ2) is 8.54. The van der Waals surface area contributed by atoms with Crippen LogP contribution in [0, 0.1) is 17.8 Å². The molecule has 1 unspecified atom stereocenters. The van der Waals surface area contributed by atoms with Crippen LogP contribution in [0.25, 0.3) is 16.6 Å². The topological polar surface area (TPSA) is 103 Å². The zero-order valence-electron chi connectivity index (χ0n) is 19.2. The first-order valence-corrected chi connectivity index (χ1v) is 12.6. The van der Waals surface area contributed by atoms with Crippen molar-refractivity contribution in [2.45, 2.75) is 30.8 Å². The SMILES string of the molecule is COC1=C(n2c(=O)ccc3cc(S(=O)(=O)Nc4ccon4)ccc32)C(C)CC([C@@H]2C[C@H]2C(F)(F)F)=C1. The van der Waals surface area contributed by atoms with Crippen molar-refractivity contribution in [2.24, 2.45) is 17.8 Å². The highest BCUT2D eigenvalue weighted by atomic mass is 32.2. The van der Waals surface area contributed by atoms with Crippen LogP contribution in [-0.4, -0.2) is 31.4 Å².